The predicted molar refractivity (Wildman–Crippen MR) is 76.5 cm³/mol. The third kappa shape index (κ3) is 6.87. The highest BCUT2D eigenvalue weighted by Gasteiger charge is 2.36. The summed E-state index contributed by atoms with van der Waals surface area (Å²) in [5, 5.41) is 9.87. The van der Waals surface area contributed by atoms with Gasteiger partial charge in [-0.3, -0.25) is 0 Å². The zero-order chi connectivity index (χ0) is 13.5. The van der Waals surface area contributed by atoms with E-state index < -0.39 is 14.4 Å². The molecule has 1 atom stereocenters. The summed E-state index contributed by atoms with van der Waals surface area (Å²) in [5.74, 6) is 5.82. The van der Waals surface area contributed by atoms with Crippen molar-refractivity contribution in [2.45, 2.75) is 71.2 Å². The average Bonchev–Trinajstić information content (AvgIpc) is 2.16. The summed E-state index contributed by atoms with van der Waals surface area (Å²) in [6.45, 7) is 13.8. The Labute approximate surface area is 108 Å². The van der Waals surface area contributed by atoms with E-state index in [4.69, 9.17) is 4.43 Å². The molecule has 0 saturated carbocycles. The van der Waals surface area contributed by atoms with Crippen LogP contribution in [0.4, 0.5) is 0 Å². The topological polar surface area (TPSA) is 29.5 Å². The van der Waals surface area contributed by atoms with Crippen LogP contribution in [0, 0.1) is 11.8 Å². The van der Waals surface area contributed by atoms with Gasteiger partial charge in [-0.05, 0) is 24.6 Å². The van der Waals surface area contributed by atoms with E-state index in [2.05, 4.69) is 52.6 Å². The van der Waals surface area contributed by atoms with Crippen molar-refractivity contribution in [3.8, 4) is 11.8 Å². The van der Waals surface area contributed by atoms with Gasteiger partial charge in [0.15, 0.2) is 8.32 Å². The van der Waals surface area contributed by atoms with Crippen LogP contribution in [0.2, 0.25) is 18.1 Å². The van der Waals surface area contributed by atoms with Crippen LogP contribution in [0.3, 0.4) is 0 Å². The molecule has 0 aliphatic rings. The van der Waals surface area contributed by atoms with Crippen molar-refractivity contribution in [1.82, 2.24) is 0 Å². The fraction of sp³-hybridized carbons (Fsp3) is 0.857. The molecule has 0 aromatic heterocycles. The second-order valence-corrected chi connectivity index (χ2v) is 10.8. The second-order valence-electron chi connectivity index (χ2n) is 5.98. The van der Waals surface area contributed by atoms with E-state index in [0.717, 1.165) is 12.8 Å². The van der Waals surface area contributed by atoms with E-state index in [1.54, 1.807) is 0 Å². The van der Waals surface area contributed by atoms with Gasteiger partial charge in [-0.25, -0.2) is 0 Å². The summed E-state index contributed by atoms with van der Waals surface area (Å²) in [7, 11) is -1.67. The number of hydrogen-bond acceptors (Lipinski definition) is 2. The molecule has 0 amide bonds. The van der Waals surface area contributed by atoms with Gasteiger partial charge >= 0.3 is 0 Å². The van der Waals surface area contributed by atoms with E-state index in [1.165, 1.54) is 0 Å². The second kappa shape index (κ2) is 7.20. The van der Waals surface area contributed by atoms with Gasteiger partial charge in [0.25, 0.3) is 0 Å². The lowest BCUT2D eigenvalue weighted by Crippen LogP contribution is -2.41. The van der Waals surface area contributed by atoms with Crippen molar-refractivity contribution < 1.29 is 9.53 Å². The lowest BCUT2D eigenvalue weighted by Gasteiger charge is -2.36. The molecule has 0 bridgehead atoms. The first-order valence-electron chi connectivity index (χ1n) is 6.51. The Morgan fingerprint density at radius 2 is 1.88 bits per heavy atom. The van der Waals surface area contributed by atoms with Gasteiger partial charge in [-0.2, -0.15) is 0 Å². The van der Waals surface area contributed by atoms with Gasteiger partial charge in [-0.1, -0.05) is 33.6 Å². The molecule has 0 heterocycles. The Hall–Kier alpha value is -0.303. The molecular formula is C14H28O2Si. The number of aliphatic hydroxyl groups is 1. The van der Waals surface area contributed by atoms with Crippen LogP contribution in [0.15, 0.2) is 0 Å². The highest BCUT2D eigenvalue weighted by Crippen LogP contribution is 2.36. The van der Waals surface area contributed by atoms with Crippen LogP contribution in [-0.4, -0.2) is 26.1 Å². The number of unbranched alkanes of at least 4 members (excludes halogenated alkanes) is 1. The zero-order valence-electron chi connectivity index (χ0n) is 12.3. The highest BCUT2D eigenvalue weighted by molar-refractivity contribution is 6.74. The maximum atomic E-state index is 9.64. The van der Waals surface area contributed by atoms with Gasteiger partial charge in [0.1, 0.15) is 6.10 Å². The maximum absolute atomic E-state index is 9.64. The molecule has 3 heteroatoms. The van der Waals surface area contributed by atoms with Crippen molar-refractivity contribution in [2.24, 2.45) is 0 Å². The molecule has 0 fully saturated rings. The first kappa shape index (κ1) is 16.7. The Bertz CT molecular complexity index is 268. The van der Waals surface area contributed by atoms with Crippen molar-refractivity contribution in [2.75, 3.05) is 6.61 Å². The number of aliphatic hydroxyl groups excluding tert-OH is 1. The molecule has 1 unspecified atom stereocenters. The van der Waals surface area contributed by atoms with Gasteiger partial charge in [0, 0.05) is 19.4 Å². The average molecular weight is 256 g/mol. The normalized spacial score (nSPS) is 14.1. The molecular weight excluding hydrogens is 228 g/mol. The zero-order valence-corrected chi connectivity index (χ0v) is 13.3. The molecule has 0 aromatic rings. The quantitative estimate of drug-likeness (QED) is 0.602. The molecule has 100 valence electrons. The van der Waals surface area contributed by atoms with Crippen LogP contribution in [-0.2, 0) is 4.43 Å². The molecule has 17 heavy (non-hydrogen) atoms. The van der Waals surface area contributed by atoms with E-state index in [0.29, 0.717) is 13.0 Å². The summed E-state index contributed by atoms with van der Waals surface area (Å²) < 4.78 is 5.98. The summed E-state index contributed by atoms with van der Waals surface area (Å²) in [6.07, 6.45) is 1.98. The summed E-state index contributed by atoms with van der Waals surface area (Å²) in [5.41, 5.74) is 0. The lowest BCUT2D eigenvalue weighted by molar-refractivity contribution is 0.179. The Morgan fingerprint density at radius 3 is 2.35 bits per heavy atom. The summed E-state index contributed by atoms with van der Waals surface area (Å²) in [6, 6.07) is 0. The van der Waals surface area contributed by atoms with Crippen LogP contribution < -0.4 is 0 Å². The molecule has 0 aliphatic carbocycles. The molecule has 0 spiro atoms. The predicted octanol–water partition coefficient (Wildman–Crippen LogP) is 3.56. The van der Waals surface area contributed by atoms with Gasteiger partial charge in [0.05, 0.1) is 0 Å². The van der Waals surface area contributed by atoms with Gasteiger partial charge in [0.2, 0.25) is 0 Å². The molecule has 0 aliphatic heterocycles. The minimum absolute atomic E-state index is 0.228. The van der Waals surface area contributed by atoms with Crippen molar-refractivity contribution in [3.05, 3.63) is 0 Å². The first-order valence-corrected chi connectivity index (χ1v) is 9.42. The maximum Gasteiger partial charge on any atom is 0.191 e. The summed E-state index contributed by atoms with van der Waals surface area (Å²) in [4.78, 5) is 0. The third-order valence-corrected chi connectivity index (χ3v) is 7.84. The summed E-state index contributed by atoms with van der Waals surface area (Å²) >= 11 is 0. The number of hydrogen-bond donors (Lipinski definition) is 1. The fourth-order valence-electron chi connectivity index (χ4n) is 1.03. The Balaban J connectivity index is 3.97. The molecule has 0 aromatic carbocycles. The van der Waals surface area contributed by atoms with E-state index in [-0.39, 0.29) is 5.04 Å². The minimum Gasteiger partial charge on any atom is -0.417 e. The van der Waals surface area contributed by atoms with E-state index in [9.17, 15) is 5.11 Å². The molecule has 0 saturated heterocycles. The van der Waals surface area contributed by atoms with Crippen LogP contribution in [0.5, 0.6) is 0 Å². The van der Waals surface area contributed by atoms with Gasteiger partial charge < -0.3 is 9.53 Å². The Morgan fingerprint density at radius 1 is 1.29 bits per heavy atom. The van der Waals surface area contributed by atoms with E-state index in [1.807, 2.05) is 0 Å². The molecule has 0 rings (SSSR count). The van der Waals surface area contributed by atoms with E-state index >= 15 is 0 Å². The SMILES string of the molecule is CCCC#CC(O)CCO[Si](C)(C)C(C)(C)C. The van der Waals surface area contributed by atoms with Crippen LogP contribution >= 0.6 is 0 Å². The van der Waals surface area contributed by atoms with Crippen LogP contribution in [0.1, 0.15) is 47.0 Å². The van der Waals surface area contributed by atoms with Crippen molar-refractivity contribution in [1.29, 1.82) is 0 Å². The standard InChI is InChI=1S/C14H28O2Si/c1-7-8-9-10-13(15)11-12-16-17(5,6)14(2,3)4/h13,15H,7-8,11-12H2,1-6H3. The number of rotatable bonds is 5. The monoisotopic (exact) mass is 256 g/mol. The van der Waals surface area contributed by atoms with Gasteiger partial charge in [-0.15, -0.1) is 5.92 Å². The molecule has 0 radical (unpaired) electrons. The molecule has 2 nitrogen and oxygen atoms in total. The highest BCUT2D eigenvalue weighted by atomic mass is 28.4. The largest absolute Gasteiger partial charge is 0.417 e. The van der Waals surface area contributed by atoms with Crippen molar-refractivity contribution >= 4 is 8.32 Å². The van der Waals surface area contributed by atoms with Crippen LogP contribution in [0.25, 0.3) is 0 Å². The fourth-order valence-corrected chi connectivity index (χ4v) is 2.09. The third-order valence-electron chi connectivity index (χ3n) is 3.30. The Kier molecular flexibility index (Phi) is 7.07. The first-order chi connectivity index (χ1) is 7.70. The molecule has 1 N–H and O–H groups in total. The van der Waals surface area contributed by atoms with Crippen molar-refractivity contribution in [3.63, 3.8) is 0 Å². The smallest absolute Gasteiger partial charge is 0.191 e. The lowest BCUT2D eigenvalue weighted by atomic mass is 10.2. The minimum atomic E-state index is -1.67.